The maximum Gasteiger partial charge on any atom is 0.230 e. The molecule has 2 aromatic rings. The molecule has 190 valence electrons. The first-order valence-corrected chi connectivity index (χ1v) is 12.2. The molecule has 10 heteroatoms. The highest BCUT2D eigenvalue weighted by atomic mass is 35.5. The molecule has 0 bridgehead atoms. The summed E-state index contributed by atoms with van der Waals surface area (Å²) in [4.78, 5) is 19.7. The van der Waals surface area contributed by atoms with Gasteiger partial charge in [0.1, 0.15) is 11.4 Å². The quantitative estimate of drug-likeness (QED) is 0.449. The highest BCUT2D eigenvalue weighted by molar-refractivity contribution is 6.31. The van der Waals surface area contributed by atoms with Gasteiger partial charge >= 0.3 is 0 Å². The first-order chi connectivity index (χ1) is 16.8. The van der Waals surface area contributed by atoms with Gasteiger partial charge in [0.25, 0.3) is 0 Å². The van der Waals surface area contributed by atoms with E-state index in [1.54, 1.807) is 12.0 Å². The molecule has 2 aliphatic rings. The van der Waals surface area contributed by atoms with Gasteiger partial charge in [-0.1, -0.05) is 17.7 Å². The van der Waals surface area contributed by atoms with Crippen molar-refractivity contribution in [3.05, 3.63) is 57.9 Å². The van der Waals surface area contributed by atoms with Crippen LogP contribution in [-0.4, -0.2) is 58.9 Å². The molecule has 35 heavy (non-hydrogen) atoms. The average molecular weight is 510 g/mol. The van der Waals surface area contributed by atoms with E-state index in [9.17, 15) is 23.8 Å². The Hall–Kier alpha value is -2.33. The van der Waals surface area contributed by atoms with Crippen LogP contribution in [0.25, 0.3) is 0 Å². The van der Waals surface area contributed by atoms with Gasteiger partial charge in [0, 0.05) is 38.1 Å². The second-order valence-electron chi connectivity index (χ2n) is 9.23. The van der Waals surface area contributed by atoms with Crippen molar-refractivity contribution in [3.63, 3.8) is 0 Å². The third-order valence-corrected chi connectivity index (χ3v) is 7.19. The number of hydrogen-bond acceptors (Lipinski definition) is 6. The highest BCUT2D eigenvalue weighted by Crippen LogP contribution is 2.41. The summed E-state index contributed by atoms with van der Waals surface area (Å²) in [6.07, 6.45) is 4.37. The number of hydrogen-bond donors (Lipinski definition) is 3. The Kier molecular flexibility index (Phi) is 7.90. The van der Waals surface area contributed by atoms with Crippen LogP contribution in [0.1, 0.15) is 42.5 Å². The normalized spacial score (nSPS) is 22.3. The van der Waals surface area contributed by atoms with E-state index >= 15 is 0 Å². The first-order valence-electron chi connectivity index (χ1n) is 11.8. The minimum Gasteiger partial charge on any atom is -0.506 e. The van der Waals surface area contributed by atoms with Crippen molar-refractivity contribution in [3.8, 4) is 5.75 Å². The molecule has 1 aliphatic carbocycles. The number of nitrogens with one attached hydrogen (secondary N) is 1. The molecule has 0 spiro atoms. The van der Waals surface area contributed by atoms with Crippen LogP contribution in [0, 0.1) is 17.6 Å². The zero-order valence-corrected chi connectivity index (χ0v) is 20.3. The minimum atomic E-state index is -1.67. The lowest BCUT2D eigenvalue weighted by atomic mass is 9.75. The smallest absolute Gasteiger partial charge is 0.230 e. The number of amides is 1. The van der Waals surface area contributed by atoms with Crippen molar-refractivity contribution >= 4 is 17.5 Å². The Labute approximate surface area is 208 Å². The van der Waals surface area contributed by atoms with Gasteiger partial charge in [-0.05, 0) is 56.3 Å². The average Bonchev–Trinajstić information content (AvgIpc) is 3.67. The molecule has 1 saturated heterocycles. The maximum atomic E-state index is 14.0. The van der Waals surface area contributed by atoms with E-state index in [1.807, 2.05) is 0 Å². The summed E-state index contributed by atoms with van der Waals surface area (Å²) in [6.45, 7) is 1.17. The van der Waals surface area contributed by atoms with Crippen molar-refractivity contribution in [2.75, 3.05) is 26.8 Å². The molecule has 1 saturated carbocycles. The summed E-state index contributed by atoms with van der Waals surface area (Å²) in [6, 6.07) is 3.19. The van der Waals surface area contributed by atoms with E-state index in [4.69, 9.17) is 16.3 Å². The van der Waals surface area contributed by atoms with E-state index in [1.165, 1.54) is 12.3 Å². The molecule has 2 heterocycles. The summed E-state index contributed by atoms with van der Waals surface area (Å²) < 4.78 is 32.6. The zero-order valence-electron chi connectivity index (χ0n) is 19.6. The summed E-state index contributed by atoms with van der Waals surface area (Å²) >= 11 is 6.38. The van der Waals surface area contributed by atoms with Crippen LogP contribution in [0.4, 0.5) is 8.78 Å². The number of piperidine rings is 1. The highest BCUT2D eigenvalue weighted by Gasteiger charge is 2.48. The van der Waals surface area contributed by atoms with Gasteiger partial charge in [-0.3, -0.25) is 9.78 Å². The SMILES string of the molecule is COCCCc1ncc(Cl)c(CN(C(=O)[C@H]2CNCC[C@]2(O)c2ccc(F)c(F)c2)C2CC2)c1O. The third-order valence-electron chi connectivity index (χ3n) is 6.87. The Morgan fingerprint density at radius 3 is 2.80 bits per heavy atom. The predicted molar refractivity (Wildman–Crippen MR) is 126 cm³/mol. The van der Waals surface area contributed by atoms with Crippen molar-refractivity contribution in [2.45, 2.75) is 50.3 Å². The fourth-order valence-electron chi connectivity index (χ4n) is 4.69. The topological polar surface area (TPSA) is 94.9 Å². The molecule has 1 amide bonds. The molecule has 4 rings (SSSR count). The predicted octanol–water partition coefficient (Wildman–Crippen LogP) is 3.29. The number of aromatic nitrogens is 1. The van der Waals surface area contributed by atoms with Crippen LogP contribution >= 0.6 is 11.6 Å². The number of aromatic hydroxyl groups is 1. The van der Waals surface area contributed by atoms with Gasteiger partial charge in [0.05, 0.1) is 23.2 Å². The number of aryl methyl sites for hydroxylation is 1. The molecule has 1 aromatic carbocycles. The maximum absolute atomic E-state index is 14.0. The standard InChI is InChI=1S/C25H30ClF2N3O4/c1-35-10-2-3-22-23(32)17(19(26)13-30-22)14-31(16-5-6-16)24(33)18-12-29-9-8-25(18,34)15-4-7-20(27)21(28)11-15/h4,7,11,13,16,18,29,32,34H,2-3,5-6,8-10,12,14H2,1H3/t18-,25+/m1/s1. The second kappa shape index (κ2) is 10.7. The number of ether oxygens (including phenoxy) is 1. The fraction of sp³-hybridized carbons (Fsp3) is 0.520. The van der Waals surface area contributed by atoms with Gasteiger partial charge in [0.2, 0.25) is 5.91 Å². The number of halogens is 3. The largest absolute Gasteiger partial charge is 0.506 e. The number of nitrogens with zero attached hydrogens (tertiary/aromatic N) is 2. The molecular weight excluding hydrogens is 480 g/mol. The van der Waals surface area contributed by atoms with Crippen LogP contribution in [0.3, 0.4) is 0 Å². The third kappa shape index (κ3) is 5.43. The summed E-state index contributed by atoms with van der Waals surface area (Å²) in [5.41, 5.74) is -0.631. The van der Waals surface area contributed by atoms with Crippen LogP contribution in [0.15, 0.2) is 24.4 Å². The fourth-order valence-corrected chi connectivity index (χ4v) is 4.89. The van der Waals surface area contributed by atoms with E-state index in [0.29, 0.717) is 37.3 Å². The number of aliphatic hydroxyl groups is 1. The van der Waals surface area contributed by atoms with Crippen LogP contribution in [0.5, 0.6) is 5.75 Å². The van der Waals surface area contributed by atoms with E-state index < -0.39 is 23.2 Å². The number of methoxy groups -OCH3 is 1. The number of pyridine rings is 1. The Morgan fingerprint density at radius 2 is 2.11 bits per heavy atom. The molecule has 3 N–H and O–H groups in total. The Balaban J connectivity index is 1.62. The monoisotopic (exact) mass is 509 g/mol. The summed E-state index contributed by atoms with van der Waals surface area (Å²) in [7, 11) is 1.60. The molecule has 0 unspecified atom stereocenters. The van der Waals surface area contributed by atoms with Gasteiger partial charge in [-0.2, -0.15) is 0 Å². The first kappa shape index (κ1) is 25.8. The van der Waals surface area contributed by atoms with Crippen molar-refractivity contribution in [1.82, 2.24) is 15.2 Å². The van der Waals surface area contributed by atoms with Gasteiger partial charge < -0.3 is 25.2 Å². The molecule has 1 aromatic heterocycles. The van der Waals surface area contributed by atoms with Gasteiger partial charge in [0.15, 0.2) is 11.6 Å². The van der Waals surface area contributed by atoms with Crippen molar-refractivity contribution in [2.24, 2.45) is 5.92 Å². The van der Waals surface area contributed by atoms with E-state index in [0.717, 1.165) is 25.0 Å². The number of benzene rings is 1. The number of carbonyl (C=O) groups is 1. The zero-order chi connectivity index (χ0) is 25.2. The summed E-state index contributed by atoms with van der Waals surface area (Å²) in [5.74, 6) is -3.40. The second-order valence-corrected chi connectivity index (χ2v) is 9.64. The lowest BCUT2D eigenvalue weighted by Gasteiger charge is -2.42. The number of carbonyl (C=O) groups excluding carboxylic acids is 1. The molecular formula is C25H30ClF2N3O4. The van der Waals surface area contributed by atoms with Gasteiger partial charge in [-0.25, -0.2) is 8.78 Å². The van der Waals surface area contributed by atoms with Crippen molar-refractivity contribution < 1.29 is 28.5 Å². The van der Waals surface area contributed by atoms with Crippen LogP contribution in [-0.2, 0) is 28.1 Å². The Bertz CT molecular complexity index is 1080. The molecule has 2 fully saturated rings. The van der Waals surface area contributed by atoms with Crippen molar-refractivity contribution in [1.29, 1.82) is 0 Å². The lowest BCUT2D eigenvalue weighted by Crippen LogP contribution is -2.55. The van der Waals surface area contributed by atoms with Gasteiger partial charge in [-0.15, -0.1) is 0 Å². The molecule has 7 nitrogen and oxygen atoms in total. The van der Waals surface area contributed by atoms with Crippen LogP contribution in [0.2, 0.25) is 5.02 Å². The lowest BCUT2D eigenvalue weighted by molar-refractivity contribution is -0.150. The van der Waals surface area contributed by atoms with E-state index in [2.05, 4.69) is 10.3 Å². The minimum absolute atomic E-state index is 0.0512. The van der Waals surface area contributed by atoms with E-state index in [-0.39, 0.29) is 47.8 Å². The van der Waals surface area contributed by atoms with Crippen LogP contribution < -0.4 is 5.32 Å². The molecule has 1 aliphatic heterocycles. The molecule has 0 radical (unpaired) electrons. The Morgan fingerprint density at radius 1 is 1.34 bits per heavy atom. The molecule has 2 atom stereocenters. The summed E-state index contributed by atoms with van der Waals surface area (Å²) in [5, 5.41) is 25.9. The number of rotatable bonds is 9.